The Hall–Kier alpha value is -0.780. The summed E-state index contributed by atoms with van der Waals surface area (Å²) in [6.07, 6.45) is 0. The standard InChI is InChI=1S/C9H12.C6H14/c1-8(2)9-6-4-3-5-7-9;1-5(2)6(3)4/h3-8H,1-2H3;5-6H,1-4H3. The number of rotatable bonds is 2. The molecule has 0 amide bonds. The minimum absolute atomic E-state index is 0.659. The first-order valence-corrected chi connectivity index (χ1v) is 6.00. The van der Waals surface area contributed by atoms with E-state index in [9.17, 15) is 0 Å². The third-order valence-corrected chi connectivity index (χ3v) is 2.80. The molecule has 0 heteroatoms. The van der Waals surface area contributed by atoms with Crippen molar-refractivity contribution in [3.05, 3.63) is 35.9 Å². The maximum atomic E-state index is 2.24. The molecular formula is C15H26. The lowest BCUT2D eigenvalue weighted by atomic mass is 10.0. The molecule has 0 aliphatic heterocycles. The highest BCUT2D eigenvalue weighted by Gasteiger charge is 1.95. The van der Waals surface area contributed by atoms with Crippen LogP contribution in [0, 0.1) is 11.8 Å². The van der Waals surface area contributed by atoms with E-state index >= 15 is 0 Å². The Kier molecular flexibility index (Phi) is 7.11. The molecule has 0 nitrogen and oxygen atoms in total. The fourth-order valence-electron chi connectivity index (χ4n) is 0.838. The molecule has 0 fully saturated rings. The molecule has 0 aliphatic rings. The van der Waals surface area contributed by atoms with E-state index in [-0.39, 0.29) is 0 Å². The Morgan fingerprint density at radius 1 is 0.667 bits per heavy atom. The van der Waals surface area contributed by atoms with Crippen molar-refractivity contribution in [1.29, 1.82) is 0 Å². The second kappa shape index (κ2) is 7.50. The Bertz CT molecular complexity index is 225. The van der Waals surface area contributed by atoms with E-state index in [0.717, 1.165) is 11.8 Å². The molecule has 0 radical (unpaired) electrons. The third kappa shape index (κ3) is 7.18. The molecule has 0 aromatic heterocycles. The fraction of sp³-hybridized carbons (Fsp3) is 0.600. The normalized spacial score (nSPS) is 10.5. The maximum Gasteiger partial charge on any atom is -0.0219 e. The van der Waals surface area contributed by atoms with Gasteiger partial charge in [0.1, 0.15) is 0 Å². The maximum absolute atomic E-state index is 2.24. The van der Waals surface area contributed by atoms with Crippen LogP contribution in [-0.4, -0.2) is 0 Å². The number of benzene rings is 1. The van der Waals surface area contributed by atoms with Crippen molar-refractivity contribution in [2.75, 3.05) is 0 Å². The van der Waals surface area contributed by atoms with Crippen LogP contribution in [0.15, 0.2) is 30.3 Å². The molecule has 0 atom stereocenters. The topological polar surface area (TPSA) is 0 Å². The Balaban J connectivity index is 0.000000288. The molecule has 15 heavy (non-hydrogen) atoms. The largest absolute Gasteiger partial charge is 0.0625 e. The summed E-state index contributed by atoms with van der Waals surface area (Å²) in [5.74, 6) is 2.36. The first kappa shape index (κ1) is 14.2. The SMILES string of the molecule is CC(C)C(C)C.CC(C)c1ccccc1. The number of hydrogen-bond acceptors (Lipinski definition) is 0. The quantitative estimate of drug-likeness (QED) is 0.631. The van der Waals surface area contributed by atoms with Crippen LogP contribution in [0.4, 0.5) is 0 Å². The number of hydrogen-bond donors (Lipinski definition) is 0. The molecule has 1 aromatic rings. The van der Waals surface area contributed by atoms with Crippen molar-refractivity contribution in [3.63, 3.8) is 0 Å². The fourth-order valence-corrected chi connectivity index (χ4v) is 0.838. The van der Waals surface area contributed by atoms with Crippen LogP contribution in [0.1, 0.15) is 53.0 Å². The van der Waals surface area contributed by atoms with Crippen LogP contribution in [0.2, 0.25) is 0 Å². The van der Waals surface area contributed by atoms with Crippen molar-refractivity contribution >= 4 is 0 Å². The van der Waals surface area contributed by atoms with Crippen molar-refractivity contribution < 1.29 is 0 Å². The zero-order valence-corrected chi connectivity index (χ0v) is 11.1. The molecule has 0 N–H and O–H groups in total. The zero-order chi connectivity index (χ0) is 11.8. The van der Waals surface area contributed by atoms with Gasteiger partial charge in [-0.15, -0.1) is 0 Å². The van der Waals surface area contributed by atoms with Crippen molar-refractivity contribution in [2.24, 2.45) is 11.8 Å². The van der Waals surface area contributed by atoms with Gasteiger partial charge in [0.25, 0.3) is 0 Å². The molecule has 0 heterocycles. The summed E-state index contributed by atoms with van der Waals surface area (Å²) in [5.41, 5.74) is 1.41. The van der Waals surface area contributed by atoms with Crippen molar-refractivity contribution in [3.8, 4) is 0 Å². The third-order valence-electron chi connectivity index (χ3n) is 2.80. The molecule has 0 bridgehead atoms. The van der Waals surface area contributed by atoms with Gasteiger partial charge < -0.3 is 0 Å². The summed E-state index contributed by atoms with van der Waals surface area (Å²) in [4.78, 5) is 0. The first-order valence-electron chi connectivity index (χ1n) is 6.00. The van der Waals surface area contributed by atoms with E-state index in [4.69, 9.17) is 0 Å². The van der Waals surface area contributed by atoms with E-state index in [1.807, 2.05) is 6.07 Å². The predicted molar refractivity (Wildman–Crippen MR) is 70.2 cm³/mol. The summed E-state index contributed by atoms with van der Waals surface area (Å²) in [6.45, 7) is 13.4. The highest BCUT2D eigenvalue weighted by Crippen LogP contribution is 2.11. The lowest BCUT2D eigenvalue weighted by molar-refractivity contribution is 0.457. The average Bonchev–Trinajstić information content (AvgIpc) is 2.20. The van der Waals surface area contributed by atoms with Gasteiger partial charge in [0.2, 0.25) is 0 Å². The lowest BCUT2D eigenvalue weighted by Crippen LogP contribution is -1.95. The predicted octanol–water partition coefficient (Wildman–Crippen LogP) is 5.11. The molecule has 0 aliphatic carbocycles. The van der Waals surface area contributed by atoms with E-state index in [2.05, 4.69) is 65.8 Å². The van der Waals surface area contributed by atoms with Gasteiger partial charge in [-0.05, 0) is 23.3 Å². The van der Waals surface area contributed by atoms with Gasteiger partial charge >= 0.3 is 0 Å². The summed E-state index contributed by atoms with van der Waals surface area (Å²) in [5, 5.41) is 0. The highest BCUT2D eigenvalue weighted by atomic mass is 14.0. The molecule has 1 aromatic carbocycles. The molecule has 0 spiro atoms. The van der Waals surface area contributed by atoms with E-state index < -0.39 is 0 Å². The van der Waals surface area contributed by atoms with Gasteiger partial charge in [0, 0.05) is 0 Å². The lowest BCUT2D eigenvalue weighted by Gasteiger charge is -2.05. The zero-order valence-electron chi connectivity index (χ0n) is 11.1. The molecule has 1 rings (SSSR count). The summed E-state index contributed by atoms with van der Waals surface area (Å²) in [7, 11) is 0. The molecule has 0 unspecified atom stereocenters. The van der Waals surface area contributed by atoms with Gasteiger partial charge in [-0.25, -0.2) is 0 Å². The van der Waals surface area contributed by atoms with Gasteiger partial charge in [-0.2, -0.15) is 0 Å². The van der Waals surface area contributed by atoms with Gasteiger partial charge in [-0.1, -0.05) is 71.9 Å². The minimum atomic E-state index is 0.659. The minimum Gasteiger partial charge on any atom is -0.0625 e. The Morgan fingerprint density at radius 3 is 1.27 bits per heavy atom. The molecule has 0 saturated carbocycles. The summed E-state index contributed by atoms with van der Waals surface area (Å²) >= 11 is 0. The van der Waals surface area contributed by atoms with Crippen LogP contribution < -0.4 is 0 Å². The summed E-state index contributed by atoms with van der Waals surface area (Å²) < 4.78 is 0. The van der Waals surface area contributed by atoms with Gasteiger partial charge in [0.05, 0.1) is 0 Å². The van der Waals surface area contributed by atoms with Crippen LogP contribution >= 0.6 is 0 Å². The van der Waals surface area contributed by atoms with E-state index in [1.165, 1.54) is 5.56 Å². The van der Waals surface area contributed by atoms with E-state index in [0.29, 0.717) is 5.92 Å². The first-order chi connectivity index (χ1) is 6.95. The van der Waals surface area contributed by atoms with Gasteiger partial charge in [0.15, 0.2) is 0 Å². The summed E-state index contributed by atoms with van der Waals surface area (Å²) in [6, 6.07) is 10.5. The van der Waals surface area contributed by atoms with Crippen LogP contribution in [0.5, 0.6) is 0 Å². The second-order valence-electron chi connectivity index (χ2n) is 5.05. The van der Waals surface area contributed by atoms with Crippen LogP contribution in [0.25, 0.3) is 0 Å². The van der Waals surface area contributed by atoms with Crippen LogP contribution in [-0.2, 0) is 0 Å². The second-order valence-corrected chi connectivity index (χ2v) is 5.05. The Labute approximate surface area is 95.7 Å². The van der Waals surface area contributed by atoms with Crippen molar-refractivity contribution in [2.45, 2.75) is 47.5 Å². The molecular weight excluding hydrogens is 180 g/mol. The monoisotopic (exact) mass is 206 g/mol. The average molecular weight is 206 g/mol. The van der Waals surface area contributed by atoms with Gasteiger partial charge in [-0.3, -0.25) is 0 Å². The Morgan fingerprint density at radius 2 is 1.07 bits per heavy atom. The van der Waals surface area contributed by atoms with E-state index in [1.54, 1.807) is 0 Å². The smallest absolute Gasteiger partial charge is 0.0219 e. The van der Waals surface area contributed by atoms with Crippen molar-refractivity contribution in [1.82, 2.24) is 0 Å². The molecule has 86 valence electrons. The highest BCUT2D eigenvalue weighted by molar-refractivity contribution is 5.17. The molecule has 0 saturated heterocycles. The van der Waals surface area contributed by atoms with Crippen LogP contribution in [0.3, 0.4) is 0 Å².